The summed E-state index contributed by atoms with van der Waals surface area (Å²) in [6.07, 6.45) is 1.15. The number of hydrogen-bond acceptors (Lipinski definition) is 5. The summed E-state index contributed by atoms with van der Waals surface area (Å²) in [6, 6.07) is 5.74. The van der Waals surface area contributed by atoms with Gasteiger partial charge in [0.25, 0.3) is 0 Å². The lowest BCUT2D eigenvalue weighted by Crippen LogP contribution is -2.52. The summed E-state index contributed by atoms with van der Waals surface area (Å²) in [7, 11) is -2.88. The van der Waals surface area contributed by atoms with Crippen molar-refractivity contribution in [1.29, 1.82) is 0 Å². The molecule has 6 nitrogen and oxygen atoms in total. The maximum absolute atomic E-state index is 12.4. The average molecular weight is 393 g/mol. The number of piperazine rings is 1. The van der Waals surface area contributed by atoms with Gasteiger partial charge in [-0.2, -0.15) is 0 Å². The second-order valence-electron chi connectivity index (χ2n) is 7.70. The summed E-state index contributed by atoms with van der Waals surface area (Å²) in [5.74, 6) is 0.523. The van der Waals surface area contributed by atoms with E-state index in [4.69, 9.17) is 0 Å². The lowest BCUT2D eigenvalue weighted by atomic mass is 10.0. The number of sulfone groups is 1. The largest absolute Gasteiger partial charge is 0.340 e. The highest BCUT2D eigenvalue weighted by atomic mass is 32.2. The maximum Gasteiger partial charge on any atom is 0.223 e. The Balaban J connectivity index is 1.45. The molecule has 2 aliphatic rings. The van der Waals surface area contributed by atoms with Gasteiger partial charge in [0.05, 0.1) is 11.5 Å². The van der Waals surface area contributed by atoms with Gasteiger partial charge in [-0.1, -0.05) is 12.1 Å². The topological polar surface area (TPSA) is 74.8 Å². The summed E-state index contributed by atoms with van der Waals surface area (Å²) < 4.78 is 23.3. The Labute approximate surface area is 161 Å². The van der Waals surface area contributed by atoms with Crippen LogP contribution in [0.25, 0.3) is 0 Å². The van der Waals surface area contributed by atoms with E-state index >= 15 is 0 Å². The van der Waals surface area contributed by atoms with E-state index < -0.39 is 9.84 Å². The summed E-state index contributed by atoms with van der Waals surface area (Å²) in [4.78, 5) is 28.8. The molecule has 27 heavy (non-hydrogen) atoms. The van der Waals surface area contributed by atoms with Gasteiger partial charge in [0.1, 0.15) is 0 Å². The van der Waals surface area contributed by atoms with Crippen molar-refractivity contribution in [2.24, 2.45) is 0 Å². The van der Waals surface area contributed by atoms with E-state index in [1.165, 1.54) is 0 Å². The number of aryl methyl sites for hydroxylation is 2. The molecule has 0 saturated carbocycles. The zero-order valence-electron chi connectivity index (χ0n) is 16.1. The van der Waals surface area contributed by atoms with Gasteiger partial charge in [0.15, 0.2) is 15.6 Å². The Morgan fingerprint density at radius 2 is 1.74 bits per heavy atom. The van der Waals surface area contributed by atoms with Crippen LogP contribution in [0.4, 0.5) is 0 Å². The lowest BCUT2D eigenvalue weighted by Gasteiger charge is -2.37. The van der Waals surface area contributed by atoms with Gasteiger partial charge in [-0.25, -0.2) is 8.42 Å². The summed E-state index contributed by atoms with van der Waals surface area (Å²) >= 11 is 0. The van der Waals surface area contributed by atoms with Gasteiger partial charge in [-0.3, -0.25) is 14.5 Å². The summed E-state index contributed by atoms with van der Waals surface area (Å²) in [5.41, 5.74) is 2.89. The fourth-order valence-corrected chi connectivity index (χ4v) is 5.60. The maximum atomic E-state index is 12.4. The molecule has 0 aliphatic carbocycles. The number of carbonyl (C=O) groups is 2. The fraction of sp³-hybridized carbons (Fsp3) is 0.600. The Hall–Kier alpha value is -1.73. The molecule has 0 N–H and O–H groups in total. The molecule has 2 fully saturated rings. The first-order chi connectivity index (χ1) is 12.7. The van der Waals surface area contributed by atoms with Crippen molar-refractivity contribution in [3.8, 4) is 0 Å². The minimum absolute atomic E-state index is 0.00116. The van der Waals surface area contributed by atoms with Crippen molar-refractivity contribution < 1.29 is 18.0 Å². The number of ketones is 1. The molecule has 0 aromatic heterocycles. The second-order valence-corrected chi connectivity index (χ2v) is 9.92. The molecular formula is C20H28N2O4S. The van der Waals surface area contributed by atoms with Crippen molar-refractivity contribution in [2.75, 3.05) is 37.7 Å². The molecule has 148 valence electrons. The van der Waals surface area contributed by atoms with Crippen LogP contribution in [-0.4, -0.2) is 73.6 Å². The molecule has 0 spiro atoms. The zero-order chi connectivity index (χ0) is 19.6. The van der Waals surface area contributed by atoms with Crippen molar-refractivity contribution in [3.05, 3.63) is 34.9 Å². The van der Waals surface area contributed by atoms with Crippen molar-refractivity contribution in [1.82, 2.24) is 9.80 Å². The van der Waals surface area contributed by atoms with E-state index in [9.17, 15) is 18.0 Å². The number of benzene rings is 1. The number of amides is 1. The molecule has 2 heterocycles. The third-order valence-electron chi connectivity index (χ3n) is 5.79. The van der Waals surface area contributed by atoms with Crippen LogP contribution in [0, 0.1) is 13.8 Å². The molecule has 3 rings (SSSR count). The molecule has 1 aromatic rings. The Kier molecular flexibility index (Phi) is 6.01. The fourth-order valence-electron chi connectivity index (χ4n) is 3.84. The van der Waals surface area contributed by atoms with Gasteiger partial charge in [-0.15, -0.1) is 0 Å². The van der Waals surface area contributed by atoms with E-state index in [2.05, 4.69) is 4.90 Å². The predicted molar refractivity (Wildman–Crippen MR) is 105 cm³/mol. The third kappa shape index (κ3) is 4.96. The standard InChI is InChI=1S/C20H28N2O4S/c1-15-3-4-17(13-16(15)2)19(23)5-6-20(24)22-10-8-21(9-11-22)18-7-12-27(25,26)14-18/h3-4,13,18H,5-12,14H2,1-2H3. The Morgan fingerprint density at radius 3 is 2.33 bits per heavy atom. The number of hydrogen-bond donors (Lipinski definition) is 0. The van der Waals surface area contributed by atoms with Crippen molar-refractivity contribution >= 4 is 21.5 Å². The molecule has 1 unspecified atom stereocenters. The molecule has 1 aromatic carbocycles. The summed E-state index contributed by atoms with van der Waals surface area (Å²) in [5, 5.41) is 0. The van der Waals surface area contributed by atoms with Gasteiger partial charge in [0, 0.05) is 50.6 Å². The number of nitrogens with zero attached hydrogens (tertiary/aromatic N) is 2. The highest BCUT2D eigenvalue weighted by molar-refractivity contribution is 7.91. The first-order valence-corrected chi connectivity index (χ1v) is 11.4. The van der Waals surface area contributed by atoms with Gasteiger partial charge in [-0.05, 0) is 37.5 Å². The third-order valence-corrected chi connectivity index (χ3v) is 7.54. The number of rotatable bonds is 5. The number of Topliss-reactive ketones (excluding diaryl/α,β-unsaturated/α-hetero) is 1. The molecule has 1 amide bonds. The molecule has 7 heteroatoms. The number of carbonyl (C=O) groups excluding carboxylic acids is 2. The lowest BCUT2D eigenvalue weighted by molar-refractivity contribution is -0.133. The highest BCUT2D eigenvalue weighted by Crippen LogP contribution is 2.20. The van der Waals surface area contributed by atoms with Crippen LogP contribution in [0.2, 0.25) is 0 Å². The van der Waals surface area contributed by atoms with E-state index in [1.807, 2.05) is 32.0 Å². The first-order valence-electron chi connectivity index (χ1n) is 9.58. The van der Waals surface area contributed by atoms with Gasteiger partial charge in [0.2, 0.25) is 5.91 Å². The van der Waals surface area contributed by atoms with Crippen LogP contribution >= 0.6 is 0 Å². The SMILES string of the molecule is Cc1ccc(C(=O)CCC(=O)N2CCN(C3CCS(=O)(=O)C3)CC2)cc1C. The monoisotopic (exact) mass is 392 g/mol. The van der Waals surface area contributed by atoms with Crippen molar-refractivity contribution in [2.45, 2.75) is 39.2 Å². The van der Waals surface area contributed by atoms with E-state index in [0.29, 0.717) is 38.2 Å². The molecule has 0 bridgehead atoms. The quantitative estimate of drug-likeness (QED) is 0.712. The van der Waals surface area contributed by atoms with Crippen LogP contribution in [0.15, 0.2) is 18.2 Å². The second kappa shape index (κ2) is 8.10. The van der Waals surface area contributed by atoms with Crippen LogP contribution < -0.4 is 0 Å². The molecule has 1 atom stereocenters. The first kappa shape index (κ1) is 20.0. The van der Waals surface area contributed by atoms with Crippen LogP contribution in [-0.2, 0) is 14.6 Å². The van der Waals surface area contributed by atoms with E-state index in [1.54, 1.807) is 4.90 Å². The normalized spacial score (nSPS) is 22.7. The average Bonchev–Trinajstić information content (AvgIpc) is 3.01. The van der Waals surface area contributed by atoms with Crippen LogP contribution in [0.3, 0.4) is 0 Å². The minimum Gasteiger partial charge on any atom is -0.340 e. The minimum atomic E-state index is -2.88. The molecular weight excluding hydrogens is 364 g/mol. The van der Waals surface area contributed by atoms with Crippen LogP contribution in [0.5, 0.6) is 0 Å². The van der Waals surface area contributed by atoms with Crippen LogP contribution in [0.1, 0.15) is 40.7 Å². The molecule has 0 radical (unpaired) electrons. The zero-order valence-corrected chi connectivity index (χ0v) is 16.9. The van der Waals surface area contributed by atoms with Crippen molar-refractivity contribution in [3.63, 3.8) is 0 Å². The van der Waals surface area contributed by atoms with Gasteiger partial charge >= 0.3 is 0 Å². The Bertz CT molecular complexity index is 826. The predicted octanol–water partition coefficient (Wildman–Crippen LogP) is 1.60. The van der Waals surface area contributed by atoms with E-state index in [0.717, 1.165) is 11.1 Å². The summed E-state index contributed by atoms with van der Waals surface area (Å²) in [6.45, 7) is 6.61. The smallest absolute Gasteiger partial charge is 0.223 e. The Morgan fingerprint density at radius 1 is 1.04 bits per heavy atom. The van der Waals surface area contributed by atoms with E-state index in [-0.39, 0.29) is 42.1 Å². The highest BCUT2D eigenvalue weighted by Gasteiger charge is 2.34. The van der Waals surface area contributed by atoms with Gasteiger partial charge < -0.3 is 4.90 Å². The molecule has 2 aliphatic heterocycles. The molecule has 2 saturated heterocycles.